The number of hydrogen-bond donors (Lipinski definition) is 0. The third-order valence-electron chi connectivity index (χ3n) is 3.31. The lowest BCUT2D eigenvalue weighted by Gasteiger charge is -2.13. The van der Waals surface area contributed by atoms with Crippen molar-refractivity contribution in [1.82, 2.24) is 4.90 Å². The van der Waals surface area contributed by atoms with Gasteiger partial charge in [0, 0.05) is 7.11 Å². The number of benzene rings is 1. The Morgan fingerprint density at radius 1 is 1.20 bits per heavy atom. The largest absolute Gasteiger partial charge is 0.490 e. The highest BCUT2D eigenvalue weighted by Crippen LogP contribution is 2.39. The molecule has 0 aliphatic carbocycles. The Hall–Kier alpha value is -1.70. The van der Waals surface area contributed by atoms with E-state index in [0.29, 0.717) is 46.8 Å². The number of hydrogen-bond acceptors (Lipinski definition) is 6. The molecule has 1 fully saturated rings. The zero-order chi connectivity index (χ0) is 18.4. The normalized spacial score (nSPS) is 16.0. The number of amides is 2. The molecular weight excluding hydrogens is 366 g/mol. The van der Waals surface area contributed by atoms with E-state index in [0.717, 1.165) is 11.8 Å². The number of ether oxygens (including phenoxy) is 3. The van der Waals surface area contributed by atoms with E-state index in [4.69, 9.17) is 25.8 Å². The Balaban J connectivity index is 2.31. The molecular formula is C17H20ClNO5S. The second-order valence-electron chi connectivity index (χ2n) is 5.02. The van der Waals surface area contributed by atoms with Gasteiger partial charge in [-0.05, 0) is 49.4 Å². The zero-order valence-electron chi connectivity index (χ0n) is 14.3. The van der Waals surface area contributed by atoms with Gasteiger partial charge < -0.3 is 14.2 Å². The van der Waals surface area contributed by atoms with Crippen LogP contribution in [0, 0.1) is 0 Å². The summed E-state index contributed by atoms with van der Waals surface area (Å²) in [6.07, 6.45) is 1.63. The number of methoxy groups -OCH3 is 1. The van der Waals surface area contributed by atoms with Crippen molar-refractivity contribution in [2.24, 2.45) is 0 Å². The van der Waals surface area contributed by atoms with Crippen LogP contribution in [-0.4, -0.2) is 49.5 Å². The van der Waals surface area contributed by atoms with Crippen molar-refractivity contribution in [3.05, 3.63) is 27.6 Å². The van der Waals surface area contributed by atoms with Crippen molar-refractivity contribution in [2.75, 3.05) is 33.5 Å². The van der Waals surface area contributed by atoms with Crippen LogP contribution in [0.5, 0.6) is 11.5 Å². The molecule has 1 saturated heterocycles. The quantitative estimate of drug-likeness (QED) is 0.634. The second kappa shape index (κ2) is 9.12. The Kier molecular flexibility index (Phi) is 7.16. The van der Waals surface area contributed by atoms with Crippen molar-refractivity contribution in [1.29, 1.82) is 0 Å². The summed E-state index contributed by atoms with van der Waals surface area (Å²) in [6, 6.07) is 3.42. The first-order valence-electron chi connectivity index (χ1n) is 7.85. The van der Waals surface area contributed by atoms with Crippen LogP contribution < -0.4 is 9.47 Å². The van der Waals surface area contributed by atoms with Gasteiger partial charge in [0.15, 0.2) is 11.5 Å². The predicted molar refractivity (Wildman–Crippen MR) is 98.3 cm³/mol. The molecule has 0 bridgehead atoms. The van der Waals surface area contributed by atoms with E-state index in [1.165, 1.54) is 12.0 Å². The Bertz CT molecular complexity index is 692. The van der Waals surface area contributed by atoms with Crippen LogP contribution in [0.1, 0.15) is 19.4 Å². The fourth-order valence-electron chi connectivity index (χ4n) is 2.25. The van der Waals surface area contributed by atoms with Crippen molar-refractivity contribution in [2.45, 2.75) is 13.8 Å². The summed E-state index contributed by atoms with van der Waals surface area (Å²) in [4.78, 5) is 25.8. The van der Waals surface area contributed by atoms with Gasteiger partial charge in [0.2, 0.25) is 0 Å². The SMILES string of the molecule is CCOc1cc(/C=C2/SC(=O)N(CCOC)C2=O)cc(Cl)c1OCC. The molecule has 0 unspecified atom stereocenters. The van der Waals surface area contributed by atoms with Crippen LogP contribution in [0.4, 0.5) is 4.79 Å². The molecule has 1 aromatic rings. The first kappa shape index (κ1) is 19.6. The predicted octanol–water partition coefficient (Wildman–Crippen LogP) is 3.82. The number of rotatable bonds is 8. The number of thioether (sulfide) groups is 1. The summed E-state index contributed by atoms with van der Waals surface area (Å²) >= 11 is 7.17. The molecule has 0 spiro atoms. The molecule has 8 heteroatoms. The monoisotopic (exact) mass is 385 g/mol. The summed E-state index contributed by atoms with van der Waals surface area (Å²) in [5, 5.41) is 0.0769. The first-order chi connectivity index (χ1) is 12.0. The number of carbonyl (C=O) groups excluding carboxylic acids is 2. The minimum Gasteiger partial charge on any atom is -0.490 e. The lowest BCUT2D eigenvalue weighted by atomic mass is 10.1. The summed E-state index contributed by atoms with van der Waals surface area (Å²) in [5.74, 6) is 0.632. The number of carbonyl (C=O) groups is 2. The van der Waals surface area contributed by atoms with Crippen LogP contribution in [0.2, 0.25) is 5.02 Å². The van der Waals surface area contributed by atoms with Gasteiger partial charge in [0.05, 0.1) is 36.3 Å². The van der Waals surface area contributed by atoms with E-state index in [2.05, 4.69) is 0 Å². The molecule has 1 aromatic carbocycles. The molecule has 6 nitrogen and oxygen atoms in total. The van der Waals surface area contributed by atoms with Crippen LogP contribution in [-0.2, 0) is 9.53 Å². The van der Waals surface area contributed by atoms with Gasteiger partial charge in [-0.1, -0.05) is 11.6 Å². The van der Waals surface area contributed by atoms with E-state index in [-0.39, 0.29) is 17.7 Å². The van der Waals surface area contributed by atoms with Gasteiger partial charge in [-0.3, -0.25) is 14.5 Å². The van der Waals surface area contributed by atoms with Gasteiger partial charge in [-0.2, -0.15) is 0 Å². The zero-order valence-corrected chi connectivity index (χ0v) is 15.9. The Morgan fingerprint density at radius 2 is 1.92 bits per heavy atom. The lowest BCUT2D eigenvalue weighted by Crippen LogP contribution is -2.31. The highest BCUT2D eigenvalue weighted by Gasteiger charge is 2.34. The summed E-state index contributed by atoms with van der Waals surface area (Å²) in [7, 11) is 1.52. The first-order valence-corrected chi connectivity index (χ1v) is 9.04. The van der Waals surface area contributed by atoms with E-state index < -0.39 is 0 Å². The number of halogens is 1. The van der Waals surface area contributed by atoms with Gasteiger partial charge in [-0.15, -0.1) is 0 Å². The van der Waals surface area contributed by atoms with Gasteiger partial charge in [-0.25, -0.2) is 0 Å². The summed E-state index contributed by atoms with van der Waals surface area (Å²) in [6.45, 7) is 5.15. The summed E-state index contributed by atoms with van der Waals surface area (Å²) < 4.78 is 16.0. The highest BCUT2D eigenvalue weighted by molar-refractivity contribution is 8.18. The maximum Gasteiger partial charge on any atom is 0.293 e. The Morgan fingerprint density at radius 3 is 2.56 bits per heavy atom. The molecule has 136 valence electrons. The van der Waals surface area contributed by atoms with Gasteiger partial charge in [0.1, 0.15) is 0 Å². The highest BCUT2D eigenvalue weighted by atomic mass is 35.5. The number of imide groups is 1. The minimum absolute atomic E-state index is 0.229. The topological polar surface area (TPSA) is 65.1 Å². The molecule has 0 aromatic heterocycles. The second-order valence-corrected chi connectivity index (χ2v) is 6.42. The van der Waals surface area contributed by atoms with Crippen LogP contribution >= 0.6 is 23.4 Å². The van der Waals surface area contributed by atoms with Crippen molar-refractivity contribution < 1.29 is 23.8 Å². The molecule has 1 aliphatic heterocycles. The van der Waals surface area contributed by atoms with Crippen molar-refractivity contribution in [3.63, 3.8) is 0 Å². The fourth-order valence-corrected chi connectivity index (χ4v) is 3.38. The van der Waals surface area contributed by atoms with E-state index in [9.17, 15) is 9.59 Å². The Labute approximate surface area is 156 Å². The molecule has 0 N–H and O–H groups in total. The molecule has 0 radical (unpaired) electrons. The van der Waals surface area contributed by atoms with Crippen molar-refractivity contribution >= 4 is 40.6 Å². The van der Waals surface area contributed by atoms with E-state index in [1.807, 2.05) is 13.8 Å². The standard InChI is InChI=1S/C17H20ClNO5S/c1-4-23-13-9-11(8-12(18)15(13)24-5-2)10-14-16(20)19(6-7-22-3)17(21)25-14/h8-10H,4-7H2,1-3H3/b14-10+. The number of nitrogens with zero attached hydrogens (tertiary/aromatic N) is 1. The maximum absolute atomic E-state index is 12.4. The van der Waals surface area contributed by atoms with E-state index in [1.54, 1.807) is 18.2 Å². The van der Waals surface area contributed by atoms with Gasteiger partial charge in [0.25, 0.3) is 11.1 Å². The minimum atomic E-state index is -0.338. The smallest absolute Gasteiger partial charge is 0.293 e. The van der Waals surface area contributed by atoms with Crippen LogP contribution in [0.25, 0.3) is 6.08 Å². The van der Waals surface area contributed by atoms with Crippen molar-refractivity contribution in [3.8, 4) is 11.5 Å². The molecule has 0 atom stereocenters. The van der Waals surface area contributed by atoms with E-state index >= 15 is 0 Å². The molecule has 0 saturated carbocycles. The van der Waals surface area contributed by atoms with Crippen LogP contribution in [0.15, 0.2) is 17.0 Å². The molecule has 1 heterocycles. The average molecular weight is 386 g/mol. The molecule has 2 rings (SSSR count). The average Bonchev–Trinajstić information content (AvgIpc) is 2.83. The third-order valence-corrected chi connectivity index (χ3v) is 4.50. The maximum atomic E-state index is 12.4. The van der Waals surface area contributed by atoms with Crippen LogP contribution in [0.3, 0.4) is 0 Å². The molecule has 25 heavy (non-hydrogen) atoms. The molecule has 2 amide bonds. The fraction of sp³-hybridized carbons (Fsp3) is 0.412. The lowest BCUT2D eigenvalue weighted by molar-refractivity contribution is -0.123. The molecule has 1 aliphatic rings. The third kappa shape index (κ3) is 4.68. The summed E-state index contributed by atoms with van der Waals surface area (Å²) in [5.41, 5.74) is 0.661. The van der Waals surface area contributed by atoms with Gasteiger partial charge >= 0.3 is 0 Å².